The number of nitrogens with zero attached hydrogens (tertiary/aromatic N) is 1. The van der Waals surface area contributed by atoms with Gasteiger partial charge in [-0.2, -0.15) is 0 Å². The first-order chi connectivity index (χ1) is 15.6. The van der Waals surface area contributed by atoms with Gasteiger partial charge >= 0.3 is 0 Å². The summed E-state index contributed by atoms with van der Waals surface area (Å²) in [5, 5.41) is 3.94. The van der Waals surface area contributed by atoms with Gasteiger partial charge in [-0.25, -0.2) is 4.90 Å². The Kier molecular flexibility index (Phi) is 4.23. The van der Waals surface area contributed by atoms with Gasteiger partial charge in [-0.3, -0.25) is 9.59 Å². The van der Waals surface area contributed by atoms with Crippen molar-refractivity contribution in [3.8, 4) is 11.1 Å². The first-order valence-electron chi connectivity index (χ1n) is 10.3. The fraction of sp³-hybridized carbons (Fsp3) is 0. The van der Waals surface area contributed by atoms with E-state index in [-0.39, 0.29) is 11.8 Å². The maximum absolute atomic E-state index is 13.3. The summed E-state index contributed by atoms with van der Waals surface area (Å²) in [6.45, 7) is 0. The van der Waals surface area contributed by atoms with E-state index in [4.69, 9.17) is 0 Å². The molecule has 1 aliphatic rings. The third kappa shape index (κ3) is 2.80. The lowest BCUT2D eigenvalue weighted by Gasteiger charge is -2.27. The molecule has 152 valence electrons. The third-order valence-corrected chi connectivity index (χ3v) is 6.75. The summed E-state index contributed by atoms with van der Waals surface area (Å²) >= 11 is 3.53. The van der Waals surface area contributed by atoms with Crippen molar-refractivity contribution in [1.29, 1.82) is 0 Å². The summed E-state index contributed by atoms with van der Waals surface area (Å²) < 4.78 is 0.867. The maximum Gasteiger partial charge on any atom is 0.265 e. The second kappa shape index (κ2) is 7.14. The van der Waals surface area contributed by atoms with E-state index in [0.717, 1.165) is 21.0 Å². The van der Waals surface area contributed by atoms with Crippen molar-refractivity contribution >= 4 is 55.0 Å². The molecule has 1 heterocycles. The van der Waals surface area contributed by atoms with E-state index in [1.807, 2.05) is 54.6 Å². The van der Waals surface area contributed by atoms with Crippen molar-refractivity contribution < 1.29 is 9.59 Å². The summed E-state index contributed by atoms with van der Waals surface area (Å²) in [5.41, 5.74) is 3.76. The van der Waals surface area contributed by atoms with Crippen LogP contribution in [-0.4, -0.2) is 11.8 Å². The lowest BCUT2D eigenvalue weighted by molar-refractivity contribution is 0.0893. The number of rotatable bonds is 2. The lowest BCUT2D eigenvalue weighted by atomic mass is 9.93. The smallest absolute Gasteiger partial charge is 0.265 e. The minimum atomic E-state index is -0.301. The van der Waals surface area contributed by atoms with Crippen LogP contribution in [0.1, 0.15) is 20.7 Å². The molecule has 0 bridgehead atoms. The molecule has 5 aromatic carbocycles. The average molecular weight is 478 g/mol. The zero-order valence-electron chi connectivity index (χ0n) is 16.9. The van der Waals surface area contributed by atoms with E-state index >= 15 is 0 Å². The first kappa shape index (κ1) is 19.0. The Morgan fingerprint density at radius 2 is 1.28 bits per heavy atom. The second-order valence-electron chi connectivity index (χ2n) is 7.88. The van der Waals surface area contributed by atoms with Crippen molar-refractivity contribution in [2.24, 2.45) is 0 Å². The van der Waals surface area contributed by atoms with Crippen molar-refractivity contribution in [2.45, 2.75) is 0 Å². The molecule has 0 atom stereocenters. The molecule has 0 fully saturated rings. The Morgan fingerprint density at radius 3 is 2.06 bits per heavy atom. The summed E-state index contributed by atoms with van der Waals surface area (Å²) in [6.07, 6.45) is 0. The predicted octanol–water partition coefficient (Wildman–Crippen LogP) is 7.22. The lowest BCUT2D eigenvalue weighted by Crippen LogP contribution is -2.40. The molecular formula is C28H16BrNO2. The van der Waals surface area contributed by atoms with Gasteiger partial charge in [0.05, 0.1) is 5.69 Å². The van der Waals surface area contributed by atoms with E-state index in [0.29, 0.717) is 22.2 Å². The van der Waals surface area contributed by atoms with Gasteiger partial charge in [-0.1, -0.05) is 76.6 Å². The minimum Gasteiger partial charge on any atom is -0.268 e. The van der Waals surface area contributed by atoms with Gasteiger partial charge in [-0.05, 0) is 63.7 Å². The van der Waals surface area contributed by atoms with Crippen LogP contribution in [0.4, 0.5) is 5.69 Å². The molecule has 0 aliphatic carbocycles. The summed E-state index contributed by atoms with van der Waals surface area (Å²) in [4.78, 5) is 27.9. The third-order valence-electron chi connectivity index (χ3n) is 6.06. The van der Waals surface area contributed by atoms with E-state index in [1.54, 1.807) is 12.1 Å². The second-order valence-corrected chi connectivity index (χ2v) is 8.73. The monoisotopic (exact) mass is 477 g/mol. The molecule has 3 nitrogen and oxygen atoms in total. The molecule has 0 aromatic heterocycles. The Bertz CT molecular complexity index is 1550. The van der Waals surface area contributed by atoms with Gasteiger partial charge in [0.25, 0.3) is 11.8 Å². The normalized spacial score (nSPS) is 13.2. The van der Waals surface area contributed by atoms with Crippen LogP contribution in [-0.2, 0) is 0 Å². The first-order valence-corrected chi connectivity index (χ1v) is 11.1. The van der Waals surface area contributed by atoms with Crippen molar-refractivity contribution in [1.82, 2.24) is 0 Å². The molecule has 0 unspecified atom stereocenters. The largest absolute Gasteiger partial charge is 0.268 e. The fourth-order valence-electron chi connectivity index (χ4n) is 4.47. The summed E-state index contributed by atoms with van der Waals surface area (Å²) in [5.74, 6) is -0.602. The predicted molar refractivity (Wildman–Crippen MR) is 132 cm³/mol. The zero-order valence-corrected chi connectivity index (χ0v) is 18.5. The van der Waals surface area contributed by atoms with Gasteiger partial charge in [-0.15, -0.1) is 0 Å². The summed E-state index contributed by atoms with van der Waals surface area (Å²) in [7, 11) is 0. The number of fused-ring (bicyclic) bond motifs is 1. The zero-order chi connectivity index (χ0) is 21.8. The van der Waals surface area contributed by atoms with Gasteiger partial charge in [0, 0.05) is 21.0 Å². The van der Waals surface area contributed by atoms with Crippen molar-refractivity contribution in [3.05, 3.63) is 113 Å². The topological polar surface area (TPSA) is 37.4 Å². The van der Waals surface area contributed by atoms with Gasteiger partial charge in [0.2, 0.25) is 0 Å². The molecule has 5 aromatic rings. The number of benzene rings is 5. The highest BCUT2D eigenvalue weighted by molar-refractivity contribution is 9.10. The van der Waals surface area contributed by atoms with E-state index in [9.17, 15) is 9.59 Å². The molecule has 32 heavy (non-hydrogen) atoms. The van der Waals surface area contributed by atoms with E-state index in [2.05, 4.69) is 46.3 Å². The number of carbonyl (C=O) groups is 2. The standard InChI is InChI=1S/C28H16BrNO2/c29-25-15-14-24-26-22(25)6-3-7-23(26)27(31)30(28(24)32)21-12-10-18(11-13-21)20-9-8-17-4-1-2-5-19(17)16-20/h1-16H. The van der Waals surface area contributed by atoms with E-state index < -0.39 is 0 Å². The van der Waals surface area contributed by atoms with Gasteiger partial charge in [0.1, 0.15) is 0 Å². The van der Waals surface area contributed by atoms with Crippen molar-refractivity contribution in [2.75, 3.05) is 4.90 Å². The molecule has 0 saturated carbocycles. The van der Waals surface area contributed by atoms with Crippen molar-refractivity contribution in [3.63, 3.8) is 0 Å². The summed E-state index contributed by atoms with van der Waals surface area (Å²) in [6, 6.07) is 31.3. The Hall–Kier alpha value is -3.76. The van der Waals surface area contributed by atoms with E-state index in [1.165, 1.54) is 15.7 Å². The van der Waals surface area contributed by atoms with Crippen LogP contribution in [0.15, 0.2) is 102 Å². The molecule has 0 spiro atoms. The Labute approximate surface area is 193 Å². The van der Waals surface area contributed by atoms with Crippen LogP contribution < -0.4 is 4.90 Å². The average Bonchev–Trinajstić information content (AvgIpc) is 2.83. The number of hydrogen-bond acceptors (Lipinski definition) is 2. The number of amides is 2. The minimum absolute atomic E-state index is 0.301. The van der Waals surface area contributed by atoms with Gasteiger partial charge < -0.3 is 0 Å². The SMILES string of the molecule is O=C1c2cccc3c(Br)ccc(c23)C(=O)N1c1ccc(-c2ccc3ccccc3c2)cc1. The molecule has 0 saturated heterocycles. The van der Waals surface area contributed by atoms with Crippen LogP contribution in [0.2, 0.25) is 0 Å². The van der Waals surface area contributed by atoms with Gasteiger partial charge in [0.15, 0.2) is 0 Å². The van der Waals surface area contributed by atoms with Crippen LogP contribution in [0, 0.1) is 0 Å². The number of anilines is 1. The number of carbonyl (C=O) groups excluding carboxylic acids is 2. The maximum atomic E-state index is 13.3. The molecule has 6 rings (SSSR count). The van der Waals surface area contributed by atoms with Crippen LogP contribution in [0.3, 0.4) is 0 Å². The molecule has 0 N–H and O–H groups in total. The Balaban J connectivity index is 1.41. The molecule has 2 amide bonds. The number of imide groups is 1. The molecule has 4 heteroatoms. The number of hydrogen-bond donors (Lipinski definition) is 0. The highest BCUT2D eigenvalue weighted by atomic mass is 79.9. The molecule has 0 radical (unpaired) electrons. The molecule has 1 aliphatic heterocycles. The highest BCUT2D eigenvalue weighted by Crippen LogP contribution is 2.36. The van der Waals surface area contributed by atoms with Crippen LogP contribution in [0.25, 0.3) is 32.7 Å². The van der Waals surface area contributed by atoms with Crippen LogP contribution >= 0.6 is 15.9 Å². The quantitative estimate of drug-likeness (QED) is 0.251. The number of halogens is 1. The van der Waals surface area contributed by atoms with Crippen LogP contribution in [0.5, 0.6) is 0 Å². The highest BCUT2D eigenvalue weighted by Gasteiger charge is 2.34. The molecular weight excluding hydrogens is 462 g/mol. The fourth-order valence-corrected chi connectivity index (χ4v) is 4.93. The Morgan fingerprint density at radius 1 is 0.594 bits per heavy atom.